The van der Waals surface area contributed by atoms with Crippen LogP contribution in [0.3, 0.4) is 0 Å². The minimum atomic E-state index is -4.66. The van der Waals surface area contributed by atoms with Crippen molar-refractivity contribution in [1.82, 2.24) is 30.7 Å². The van der Waals surface area contributed by atoms with Gasteiger partial charge in [0, 0.05) is 77.9 Å². The molecule has 2 aromatic carbocycles. The number of hydrogen-bond donors (Lipinski definition) is 4. The predicted octanol–water partition coefficient (Wildman–Crippen LogP) is 6.31. The zero-order valence-corrected chi connectivity index (χ0v) is 37.9. The highest BCUT2D eigenvalue weighted by Crippen LogP contribution is 2.56. The van der Waals surface area contributed by atoms with Crippen LogP contribution in [0.1, 0.15) is 110 Å². The number of imide groups is 1. The topological polar surface area (TPSA) is 145 Å². The molecule has 17 heteroatoms. The summed E-state index contributed by atoms with van der Waals surface area (Å²) >= 11 is 6.36. The van der Waals surface area contributed by atoms with Gasteiger partial charge in [-0.25, -0.2) is 4.39 Å². The lowest BCUT2D eigenvalue weighted by Crippen LogP contribution is -2.52. The maximum absolute atomic E-state index is 16.2. The van der Waals surface area contributed by atoms with E-state index in [0.717, 1.165) is 56.1 Å². The largest absolute Gasteiger partial charge is 0.433 e. The van der Waals surface area contributed by atoms with Gasteiger partial charge in [-0.2, -0.15) is 13.2 Å². The molecule has 4 N–H and O–H groups in total. The molecule has 6 aliphatic heterocycles. The van der Waals surface area contributed by atoms with Gasteiger partial charge in [0.1, 0.15) is 17.6 Å². The van der Waals surface area contributed by atoms with E-state index >= 15 is 4.39 Å². The lowest BCUT2D eigenvalue weighted by Gasteiger charge is -2.39. The van der Waals surface area contributed by atoms with E-state index in [0.29, 0.717) is 43.5 Å². The number of rotatable bonds is 7. The van der Waals surface area contributed by atoms with Crippen molar-refractivity contribution in [3.8, 4) is 11.8 Å². The van der Waals surface area contributed by atoms with E-state index in [1.165, 1.54) is 17.2 Å². The van der Waals surface area contributed by atoms with E-state index in [-0.39, 0.29) is 70.4 Å². The maximum atomic E-state index is 16.2. The molecule has 9 rings (SSSR count). The van der Waals surface area contributed by atoms with Gasteiger partial charge in [-0.05, 0) is 98.5 Å². The molecule has 7 heterocycles. The third-order valence-corrected chi connectivity index (χ3v) is 14.6. The number of aromatic nitrogens is 1. The van der Waals surface area contributed by atoms with Crippen molar-refractivity contribution >= 4 is 40.9 Å². The van der Waals surface area contributed by atoms with Crippen LogP contribution < -0.4 is 21.3 Å². The maximum Gasteiger partial charge on any atom is 0.433 e. The molecule has 4 saturated heterocycles. The quantitative estimate of drug-likeness (QED) is 0.122. The second-order valence-electron chi connectivity index (χ2n) is 19.9. The smallest absolute Gasteiger partial charge is 0.384 e. The van der Waals surface area contributed by atoms with E-state index in [4.69, 9.17) is 16.3 Å². The number of piperidine rings is 2. The fourth-order valence-electron chi connectivity index (χ4n) is 11.1. The van der Waals surface area contributed by atoms with Gasteiger partial charge in [0.05, 0.1) is 29.8 Å². The minimum Gasteiger partial charge on any atom is -0.384 e. The zero-order valence-electron chi connectivity index (χ0n) is 37.1. The summed E-state index contributed by atoms with van der Waals surface area (Å²) < 4.78 is 64.0. The second kappa shape index (κ2) is 17.9. The molecule has 66 heavy (non-hydrogen) atoms. The number of amides is 4. The fraction of sp³-hybridized carbons (Fsp3) is 0.531. The molecule has 1 aromatic heterocycles. The second-order valence-corrected chi connectivity index (χ2v) is 20.4. The number of fused-ring (bicyclic) bond motifs is 3. The molecule has 1 unspecified atom stereocenters. The number of likely N-dealkylation sites (tertiary alicyclic amines) is 1. The Morgan fingerprint density at radius 3 is 2.55 bits per heavy atom. The van der Waals surface area contributed by atoms with Gasteiger partial charge in [0.2, 0.25) is 17.7 Å². The third-order valence-electron chi connectivity index (χ3n) is 14.3. The summed E-state index contributed by atoms with van der Waals surface area (Å²) in [4.78, 5) is 59.4. The first-order valence-corrected chi connectivity index (χ1v) is 23.2. The average Bonchev–Trinajstić information content (AvgIpc) is 3.92. The molecule has 12 nitrogen and oxygen atoms in total. The lowest BCUT2D eigenvalue weighted by atomic mass is 9.63. The van der Waals surface area contributed by atoms with Gasteiger partial charge >= 0.3 is 6.18 Å². The molecule has 0 bridgehead atoms. The van der Waals surface area contributed by atoms with Crippen LogP contribution >= 0.6 is 11.6 Å². The van der Waals surface area contributed by atoms with Crippen LogP contribution in [0.25, 0.3) is 0 Å². The van der Waals surface area contributed by atoms with Crippen molar-refractivity contribution in [2.45, 2.75) is 120 Å². The molecule has 350 valence electrons. The van der Waals surface area contributed by atoms with Crippen LogP contribution in [0.4, 0.5) is 23.2 Å². The summed E-state index contributed by atoms with van der Waals surface area (Å²) in [6.07, 6.45) is 0.773. The first-order chi connectivity index (χ1) is 31.4. The lowest BCUT2D eigenvalue weighted by molar-refractivity contribution is -0.141. The van der Waals surface area contributed by atoms with Crippen molar-refractivity contribution in [3.63, 3.8) is 0 Å². The highest BCUT2D eigenvalue weighted by atomic mass is 35.5. The van der Waals surface area contributed by atoms with Crippen molar-refractivity contribution < 1.29 is 41.5 Å². The molecule has 0 radical (unpaired) electrons. The van der Waals surface area contributed by atoms with Crippen molar-refractivity contribution in [1.29, 1.82) is 0 Å². The zero-order chi connectivity index (χ0) is 46.7. The van der Waals surface area contributed by atoms with Crippen LogP contribution in [0.2, 0.25) is 5.02 Å². The Kier molecular flexibility index (Phi) is 12.5. The fourth-order valence-corrected chi connectivity index (χ4v) is 11.2. The minimum absolute atomic E-state index is 0.0258. The average molecular weight is 932 g/mol. The summed E-state index contributed by atoms with van der Waals surface area (Å²) in [6, 6.07) is 8.82. The van der Waals surface area contributed by atoms with Crippen molar-refractivity contribution in [3.05, 3.63) is 93.0 Å². The molecular formula is C49H54ClF4N7O5. The van der Waals surface area contributed by atoms with Crippen LogP contribution in [-0.2, 0) is 37.3 Å². The summed E-state index contributed by atoms with van der Waals surface area (Å²) in [5.74, 6) is 4.11. The van der Waals surface area contributed by atoms with Crippen LogP contribution in [0.5, 0.6) is 0 Å². The number of hydrogen-bond acceptors (Lipinski definition) is 9. The number of anilines is 1. The Hall–Kier alpha value is -5.08. The number of benzene rings is 2. The van der Waals surface area contributed by atoms with Crippen LogP contribution in [0, 0.1) is 29.0 Å². The number of nitrogens with one attached hydrogen (secondary N) is 4. The van der Waals surface area contributed by atoms with E-state index < -0.39 is 53.1 Å². The standard InChI is InChI=1S/C49H54ClF4N7O5/c1-47(2,3)21-39-48(26-56-36-20-38(49(52,53)54)55-22-34(36)48)41(33-5-4-6-35(50)42(33)51)43(58-39)45(64)57-30-10-11-31(66-25-30)24-60-17-15-27(16-18-60)7-8-28-9-12-32-29(19-28)23-61(46(32)65)37-13-14-40(62)59-44(37)63/h4-6,9,12,19-20,22,27,30-31,37,39,41,43,56,58H,10-11,13-18,21,23-26H2,1-3H3,(H,57,64)(H,59,62,63)/t30-,31+,37?,39+,41+,43-,48+/m1/s1. The molecule has 0 saturated carbocycles. The molecule has 0 aliphatic carbocycles. The van der Waals surface area contributed by atoms with Gasteiger partial charge in [-0.1, -0.05) is 56.3 Å². The third kappa shape index (κ3) is 9.03. The van der Waals surface area contributed by atoms with Gasteiger partial charge in [-0.15, -0.1) is 0 Å². The highest BCUT2D eigenvalue weighted by molar-refractivity contribution is 6.30. The Labute approximate surface area is 386 Å². The SMILES string of the molecule is CC(C)(C)C[C@@H]1N[C@@H](C(=O)N[C@@H]2CC[C@@H](CN3CCC(C#Cc4ccc5c(c4)CN(C4CCC(=O)NC4=O)C5=O)CC3)OC2)[C@H](c2cccc(Cl)c2F)[C@]12CNc1cc(C(F)(F)F)ncc12. The van der Waals surface area contributed by atoms with Gasteiger partial charge in [0.25, 0.3) is 5.91 Å². The molecule has 7 atom stereocenters. The van der Waals surface area contributed by atoms with Crippen LogP contribution in [0.15, 0.2) is 48.7 Å². The highest BCUT2D eigenvalue weighted by Gasteiger charge is 2.62. The summed E-state index contributed by atoms with van der Waals surface area (Å²) in [6.45, 7) is 9.37. The Morgan fingerprint density at radius 2 is 1.83 bits per heavy atom. The molecule has 1 spiro atoms. The first-order valence-electron chi connectivity index (χ1n) is 22.8. The number of pyridine rings is 1. The summed E-state index contributed by atoms with van der Waals surface area (Å²) in [7, 11) is 0. The van der Waals surface area contributed by atoms with E-state index in [1.807, 2.05) is 12.1 Å². The van der Waals surface area contributed by atoms with Crippen LogP contribution in [-0.4, -0.2) is 101 Å². The Bertz CT molecular complexity index is 2490. The summed E-state index contributed by atoms with van der Waals surface area (Å²) in [5, 5.41) is 12.2. The van der Waals surface area contributed by atoms with Gasteiger partial charge in [0.15, 0.2) is 0 Å². The number of alkyl halides is 3. The predicted molar refractivity (Wildman–Crippen MR) is 238 cm³/mol. The molecule has 4 amide bonds. The monoisotopic (exact) mass is 931 g/mol. The molecule has 6 aliphatic rings. The molecule has 4 fully saturated rings. The van der Waals surface area contributed by atoms with Gasteiger partial charge < -0.3 is 30.5 Å². The number of nitrogens with zero attached hydrogens (tertiary/aromatic N) is 3. The Balaban J connectivity index is 0.814. The van der Waals surface area contributed by atoms with Crippen molar-refractivity contribution in [2.75, 3.05) is 38.1 Å². The number of carbonyl (C=O) groups excluding carboxylic acids is 4. The van der Waals surface area contributed by atoms with E-state index in [1.54, 1.807) is 18.2 Å². The van der Waals surface area contributed by atoms with E-state index in [2.05, 4.69) is 63.8 Å². The van der Waals surface area contributed by atoms with E-state index in [9.17, 15) is 32.3 Å². The molecular weight excluding hydrogens is 878 g/mol. The first kappa shape index (κ1) is 46.0. The van der Waals surface area contributed by atoms with Crippen molar-refractivity contribution in [2.24, 2.45) is 11.3 Å². The number of carbonyl (C=O) groups is 4. The summed E-state index contributed by atoms with van der Waals surface area (Å²) in [5.41, 5.74) is 0.794. The van der Waals surface area contributed by atoms with Gasteiger partial charge in [-0.3, -0.25) is 29.5 Å². The normalized spacial score (nSPS) is 28.1. The molecule has 3 aromatic rings. The number of ether oxygens (including phenoxy) is 1. The Morgan fingerprint density at radius 1 is 1.05 bits per heavy atom. The number of halogens is 5.